The maximum Gasteiger partial charge on any atom is 0.407 e. The van der Waals surface area contributed by atoms with E-state index in [1.807, 2.05) is 0 Å². The van der Waals surface area contributed by atoms with Crippen LogP contribution in [0.2, 0.25) is 0 Å². The highest BCUT2D eigenvalue weighted by molar-refractivity contribution is 7.92. The third-order valence-electron chi connectivity index (χ3n) is 4.27. The molecule has 8 nitrogen and oxygen atoms in total. The summed E-state index contributed by atoms with van der Waals surface area (Å²) in [5.74, 6) is 0.578. The van der Waals surface area contributed by atoms with E-state index in [1.54, 1.807) is 32.9 Å². The highest BCUT2D eigenvalue weighted by Gasteiger charge is 2.19. The van der Waals surface area contributed by atoms with E-state index < -0.39 is 27.5 Å². The minimum Gasteiger partial charge on any atom is -0.454 e. The molecule has 0 aromatic heterocycles. The first-order chi connectivity index (χ1) is 15.0. The number of fused-ring (bicyclic) bond motifs is 1. The molecule has 0 saturated carbocycles. The fourth-order valence-corrected chi connectivity index (χ4v) is 3.58. The summed E-state index contributed by atoms with van der Waals surface area (Å²) in [6.45, 7) is 5.43. The lowest BCUT2D eigenvalue weighted by atomic mass is 10.1. The Morgan fingerprint density at radius 1 is 1.12 bits per heavy atom. The lowest BCUT2D eigenvalue weighted by Crippen LogP contribution is -2.32. The molecule has 32 heavy (non-hydrogen) atoms. The third-order valence-corrected chi connectivity index (χ3v) is 5.32. The molecule has 0 radical (unpaired) electrons. The number of sulfonamides is 1. The first-order valence-corrected chi connectivity index (χ1v) is 11.4. The zero-order chi connectivity index (χ0) is 23.4. The second-order valence-corrected chi connectivity index (χ2v) is 9.71. The molecule has 172 valence electrons. The van der Waals surface area contributed by atoms with Gasteiger partial charge in [-0.3, -0.25) is 0 Å². The summed E-state index contributed by atoms with van der Waals surface area (Å²) >= 11 is 0. The number of halogens is 1. The Balaban J connectivity index is 1.73. The summed E-state index contributed by atoms with van der Waals surface area (Å²) < 4.78 is 56.2. The summed E-state index contributed by atoms with van der Waals surface area (Å²) in [4.78, 5) is 12.0. The number of ether oxygens (including phenoxy) is 3. The van der Waals surface area contributed by atoms with E-state index in [1.165, 1.54) is 30.3 Å². The van der Waals surface area contributed by atoms with E-state index in [4.69, 9.17) is 14.2 Å². The highest BCUT2D eigenvalue weighted by Crippen LogP contribution is 2.35. The quantitative estimate of drug-likeness (QED) is 0.648. The smallest absolute Gasteiger partial charge is 0.407 e. The number of carbonyl (C=O) groups excluding carboxylic acids is 1. The first kappa shape index (κ1) is 23.6. The average molecular weight is 465 g/mol. The second kappa shape index (κ2) is 9.58. The summed E-state index contributed by atoms with van der Waals surface area (Å²) in [6.07, 6.45) is 0.805. The molecule has 0 atom stereocenters. The van der Waals surface area contributed by atoms with Crippen molar-refractivity contribution in [1.29, 1.82) is 0 Å². The first-order valence-electron chi connectivity index (χ1n) is 9.82. The maximum atomic E-state index is 13.0. The van der Waals surface area contributed by atoms with Gasteiger partial charge in [-0.2, -0.15) is 0 Å². The molecule has 1 aliphatic heterocycles. The van der Waals surface area contributed by atoms with Crippen molar-refractivity contribution in [3.05, 3.63) is 64.3 Å². The van der Waals surface area contributed by atoms with Crippen LogP contribution in [0.25, 0.3) is 6.08 Å². The number of hydrogen-bond acceptors (Lipinski definition) is 6. The predicted octanol–water partition coefficient (Wildman–Crippen LogP) is 3.67. The normalized spacial score (nSPS) is 13.4. The molecule has 1 amide bonds. The summed E-state index contributed by atoms with van der Waals surface area (Å²) in [7, 11) is -3.78. The Morgan fingerprint density at radius 3 is 2.44 bits per heavy atom. The highest BCUT2D eigenvalue weighted by atomic mass is 32.2. The average Bonchev–Trinajstić information content (AvgIpc) is 3.16. The molecule has 0 aliphatic carbocycles. The van der Waals surface area contributed by atoms with Crippen molar-refractivity contribution in [2.24, 2.45) is 0 Å². The fraction of sp³-hybridized carbons (Fsp3) is 0.318. The van der Waals surface area contributed by atoms with Crippen LogP contribution in [0.1, 0.15) is 37.5 Å². The van der Waals surface area contributed by atoms with Gasteiger partial charge in [0.1, 0.15) is 11.4 Å². The SMILES string of the molecule is CC(C)(C)OC(=O)NCc1cc2c(cc1/C=C/S(=O)(=O)NCc1ccc(F)cc1)OCO2. The van der Waals surface area contributed by atoms with Crippen molar-refractivity contribution in [1.82, 2.24) is 10.0 Å². The van der Waals surface area contributed by atoms with Gasteiger partial charge in [0.15, 0.2) is 11.5 Å². The van der Waals surface area contributed by atoms with Crippen molar-refractivity contribution >= 4 is 22.2 Å². The van der Waals surface area contributed by atoms with E-state index in [0.29, 0.717) is 28.2 Å². The van der Waals surface area contributed by atoms with Gasteiger partial charge in [0.2, 0.25) is 16.8 Å². The van der Waals surface area contributed by atoms with Crippen molar-refractivity contribution in [3.63, 3.8) is 0 Å². The van der Waals surface area contributed by atoms with Crippen LogP contribution in [0, 0.1) is 5.82 Å². The Kier molecular flexibility index (Phi) is 7.05. The fourth-order valence-electron chi connectivity index (χ4n) is 2.79. The standard InChI is InChI=1S/C22H25FN2O6S/c1-22(2,3)31-21(26)24-13-17-11-20-19(29-14-30-20)10-16(17)8-9-32(27,28)25-12-15-4-6-18(23)7-5-15/h4-11,25H,12-14H2,1-3H3,(H,24,26)/b9-8+. The van der Waals surface area contributed by atoms with Gasteiger partial charge in [-0.1, -0.05) is 12.1 Å². The molecule has 0 fully saturated rings. The van der Waals surface area contributed by atoms with E-state index in [2.05, 4.69) is 10.0 Å². The topological polar surface area (TPSA) is 103 Å². The van der Waals surface area contributed by atoms with Gasteiger partial charge in [0.25, 0.3) is 0 Å². The van der Waals surface area contributed by atoms with E-state index in [-0.39, 0.29) is 19.9 Å². The number of nitrogens with one attached hydrogen (secondary N) is 2. The monoisotopic (exact) mass is 464 g/mol. The lowest BCUT2D eigenvalue weighted by Gasteiger charge is -2.20. The van der Waals surface area contributed by atoms with Gasteiger partial charge in [0, 0.05) is 18.5 Å². The number of alkyl carbamates (subject to hydrolysis) is 1. The van der Waals surface area contributed by atoms with Gasteiger partial charge >= 0.3 is 6.09 Å². The van der Waals surface area contributed by atoms with Crippen molar-refractivity contribution in [2.75, 3.05) is 6.79 Å². The minimum absolute atomic E-state index is 0.0150. The molecule has 3 rings (SSSR count). The van der Waals surface area contributed by atoms with Crippen LogP contribution in [0.4, 0.5) is 9.18 Å². The third kappa shape index (κ3) is 6.96. The minimum atomic E-state index is -3.78. The van der Waals surface area contributed by atoms with Crippen LogP contribution in [0.15, 0.2) is 41.8 Å². The van der Waals surface area contributed by atoms with Crippen molar-refractivity contribution in [3.8, 4) is 11.5 Å². The summed E-state index contributed by atoms with van der Waals surface area (Å²) in [5.41, 5.74) is 1.11. The van der Waals surface area contributed by atoms with E-state index in [9.17, 15) is 17.6 Å². The van der Waals surface area contributed by atoms with Crippen LogP contribution < -0.4 is 19.5 Å². The number of hydrogen-bond donors (Lipinski definition) is 2. The van der Waals surface area contributed by atoms with E-state index in [0.717, 1.165) is 5.41 Å². The molecule has 2 aromatic rings. The Bertz CT molecular complexity index is 1110. The van der Waals surface area contributed by atoms with Crippen molar-refractivity contribution < 1.29 is 31.8 Å². The van der Waals surface area contributed by atoms with Crippen molar-refractivity contribution in [2.45, 2.75) is 39.5 Å². The lowest BCUT2D eigenvalue weighted by molar-refractivity contribution is 0.0523. The maximum absolute atomic E-state index is 13.0. The predicted molar refractivity (Wildman–Crippen MR) is 117 cm³/mol. The Morgan fingerprint density at radius 2 is 1.78 bits per heavy atom. The Labute approximate surface area is 186 Å². The molecule has 0 bridgehead atoms. The zero-order valence-electron chi connectivity index (χ0n) is 18.0. The molecule has 1 aliphatic rings. The van der Waals surface area contributed by atoms with Crippen LogP contribution in [0.3, 0.4) is 0 Å². The van der Waals surface area contributed by atoms with Gasteiger partial charge in [-0.15, -0.1) is 0 Å². The zero-order valence-corrected chi connectivity index (χ0v) is 18.8. The number of benzene rings is 2. The Hall–Kier alpha value is -3.11. The van der Waals surface area contributed by atoms with Crippen LogP contribution in [-0.4, -0.2) is 26.9 Å². The van der Waals surface area contributed by atoms with Crippen LogP contribution in [0.5, 0.6) is 11.5 Å². The molecule has 1 heterocycles. The molecule has 2 aromatic carbocycles. The van der Waals surface area contributed by atoms with Gasteiger partial charge in [0.05, 0.1) is 0 Å². The molecule has 2 N–H and O–H groups in total. The molecule has 0 unspecified atom stereocenters. The van der Waals surface area contributed by atoms with Gasteiger partial charge < -0.3 is 19.5 Å². The molecular weight excluding hydrogens is 439 g/mol. The summed E-state index contributed by atoms with van der Waals surface area (Å²) in [6, 6.07) is 8.84. The largest absolute Gasteiger partial charge is 0.454 e. The van der Waals surface area contributed by atoms with E-state index >= 15 is 0 Å². The van der Waals surface area contributed by atoms with Gasteiger partial charge in [-0.05, 0) is 67.8 Å². The number of carbonyl (C=O) groups is 1. The molecular formula is C22H25FN2O6S. The second-order valence-electron chi connectivity index (χ2n) is 8.06. The number of amides is 1. The number of rotatable bonds is 7. The summed E-state index contributed by atoms with van der Waals surface area (Å²) in [5, 5.41) is 3.67. The van der Waals surface area contributed by atoms with Crippen LogP contribution >= 0.6 is 0 Å². The van der Waals surface area contributed by atoms with Gasteiger partial charge in [-0.25, -0.2) is 22.3 Å². The molecule has 0 spiro atoms. The molecule has 10 heteroatoms. The van der Waals surface area contributed by atoms with Crippen LogP contribution in [-0.2, 0) is 27.8 Å². The molecule has 0 saturated heterocycles.